The lowest BCUT2D eigenvalue weighted by Crippen LogP contribution is -2.24. The molecule has 0 aliphatic rings. The van der Waals surface area contributed by atoms with Gasteiger partial charge in [0.25, 0.3) is 0 Å². The molecule has 0 aliphatic heterocycles. The average molecular weight is 288 g/mol. The van der Waals surface area contributed by atoms with Gasteiger partial charge in [-0.15, -0.1) is 0 Å². The van der Waals surface area contributed by atoms with Gasteiger partial charge >= 0.3 is 23.9 Å². The highest BCUT2D eigenvalue weighted by Crippen LogP contribution is 2.03. The van der Waals surface area contributed by atoms with Gasteiger partial charge in [0.2, 0.25) is 0 Å². The molecule has 0 amide bonds. The number of ether oxygens (including phenoxy) is 2. The van der Waals surface area contributed by atoms with Crippen molar-refractivity contribution in [2.45, 2.75) is 25.7 Å². The van der Waals surface area contributed by atoms with Crippen molar-refractivity contribution in [3.8, 4) is 0 Å². The number of hydrogen-bond acceptors (Lipinski definition) is 8. The van der Waals surface area contributed by atoms with Crippen molar-refractivity contribution < 1.29 is 28.7 Å². The highest BCUT2D eigenvalue weighted by atomic mass is 16.6. The molecule has 0 spiro atoms. The molecule has 0 aromatic carbocycles. The Hall–Kier alpha value is -1.80. The number of likely N-dealkylation sites (N-methyl/N-ethyl adjacent to an activating group) is 2. The van der Waals surface area contributed by atoms with Crippen molar-refractivity contribution >= 4 is 23.9 Å². The topological polar surface area (TPSA) is 111 Å². The van der Waals surface area contributed by atoms with Crippen LogP contribution >= 0.6 is 0 Å². The summed E-state index contributed by atoms with van der Waals surface area (Å²) in [7, 11) is 3.12. The second-order valence-corrected chi connectivity index (χ2v) is 3.96. The zero-order valence-corrected chi connectivity index (χ0v) is 11.7. The normalized spacial score (nSPS) is 9.90. The highest BCUT2D eigenvalue weighted by Gasteiger charge is 2.11. The molecule has 0 atom stereocenters. The van der Waals surface area contributed by atoms with Crippen molar-refractivity contribution in [3.63, 3.8) is 0 Å². The van der Waals surface area contributed by atoms with E-state index in [2.05, 4.69) is 20.1 Å². The van der Waals surface area contributed by atoms with Gasteiger partial charge < -0.3 is 20.1 Å². The minimum Gasteiger partial charge on any atom is -0.392 e. The molecule has 20 heavy (non-hydrogen) atoms. The number of carbonyl (C=O) groups is 4. The standard InChI is InChI=1S/C12H20N2O6/c1-13-7-11(17)19-9(15)5-3-4-6-10(16)20-12(18)8-14-2/h13-14H,3-8H2,1-2H3. The van der Waals surface area contributed by atoms with Crippen LogP contribution in [0.3, 0.4) is 0 Å². The summed E-state index contributed by atoms with van der Waals surface area (Å²) < 4.78 is 8.95. The highest BCUT2D eigenvalue weighted by molar-refractivity contribution is 5.87. The van der Waals surface area contributed by atoms with E-state index in [0.717, 1.165) is 0 Å². The van der Waals surface area contributed by atoms with Crippen LogP contribution in [-0.4, -0.2) is 51.1 Å². The number of nitrogens with one attached hydrogen (secondary N) is 2. The van der Waals surface area contributed by atoms with Crippen LogP contribution in [0.15, 0.2) is 0 Å². The smallest absolute Gasteiger partial charge is 0.327 e. The van der Waals surface area contributed by atoms with Crippen molar-refractivity contribution in [1.29, 1.82) is 0 Å². The van der Waals surface area contributed by atoms with Gasteiger partial charge in [-0.05, 0) is 26.9 Å². The summed E-state index contributed by atoms with van der Waals surface area (Å²) in [5.41, 5.74) is 0. The Labute approximate surface area is 117 Å². The van der Waals surface area contributed by atoms with E-state index >= 15 is 0 Å². The lowest BCUT2D eigenvalue weighted by atomic mass is 10.2. The van der Waals surface area contributed by atoms with E-state index in [9.17, 15) is 19.2 Å². The molecule has 0 saturated carbocycles. The molecule has 0 rings (SSSR count). The van der Waals surface area contributed by atoms with Crippen molar-refractivity contribution in [2.24, 2.45) is 0 Å². The number of rotatable bonds is 9. The Kier molecular flexibility index (Phi) is 10.1. The van der Waals surface area contributed by atoms with Gasteiger partial charge in [0, 0.05) is 12.8 Å². The predicted octanol–water partition coefficient (Wildman–Crippen LogP) is -0.875. The van der Waals surface area contributed by atoms with Crippen LogP contribution in [0.4, 0.5) is 0 Å². The Bertz CT molecular complexity index is 322. The van der Waals surface area contributed by atoms with E-state index in [1.165, 1.54) is 0 Å². The summed E-state index contributed by atoms with van der Waals surface area (Å²) in [5.74, 6) is -2.56. The number of hydrogen-bond donors (Lipinski definition) is 2. The van der Waals surface area contributed by atoms with Crippen LogP contribution in [0.5, 0.6) is 0 Å². The van der Waals surface area contributed by atoms with Gasteiger partial charge in [0.15, 0.2) is 0 Å². The first-order chi connectivity index (χ1) is 9.49. The third-order valence-electron chi connectivity index (χ3n) is 2.11. The molecule has 0 aliphatic carbocycles. The van der Waals surface area contributed by atoms with E-state index in [1.54, 1.807) is 14.1 Å². The van der Waals surface area contributed by atoms with Gasteiger partial charge in [-0.25, -0.2) is 0 Å². The summed E-state index contributed by atoms with van der Waals surface area (Å²) in [5, 5.41) is 5.12. The molecular weight excluding hydrogens is 268 g/mol. The fourth-order valence-corrected chi connectivity index (χ4v) is 1.26. The Morgan fingerprint density at radius 2 is 1.05 bits per heavy atom. The van der Waals surface area contributed by atoms with Gasteiger partial charge in [-0.1, -0.05) is 0 Å². The molecule has 0 aromatic heterocycles. The minimum atomic E-state index is -0.644. The molecule has 0 aromatic rings. The largest absolute Gasteiger partial charge is 0.392 e. The van der Waals surface area contributed by atoms with Crippen molar-refractivity contribution in [3.05, 3.63) is 0 Å². The maximum Gasteiger partial charge on any atom is 0.327 e. The zero-order chi connectivity index (χ0) is 15.4. The first-order valence-electron chi connectivity index (χ1n) is 6.25. The summed E-state index contributed by atoms with van der Waals surface area (Å²) in [6.07, 6.45) is 0.822. The molecule has 8 nitrogen and oxygen atoms in total. The molecule has 0 bridgehead atoms. The third kappa shape index (κ3) is 10.2. The summed E-state index contributed by atoms with van der Waals surface area (Å²) >= 11 is 0. The first-order valence-corrected chi connectivity index (χ1v) is 6.25. The van der Waals surface area contributed by atoms with Crippen LogP contribution in [0.2, 0.25) is 0 Å². The lowest BCUT2D eigenvalue weighted by Gasteiger charge is -2.03. The van der Waals surface area contributed by atoms with E-state index in [-0.39, 0.29) is 25.9 Å². The van der Waals surface area contributed by atoms with Crippen LogP contribution < -0.4 is 10.6 Å². The Balaban J connectivity index is 3.65. The Morgan fingerprint density at radius 1 is 0.700 bits per heavy atom. The second-order valence-electron chi connectivity index (χ2n) is 3.96. The van der Waals surface area contributed by atoms with Crippen LogP contribution in [-0.2, 0) is 28.7 Å². The van der Waals surface area contributed by atoms with Crippen molar-refractivity contribution in [1.82, 2.24) is 10.6 Å². The van der Waals surface area contributed by atoms with E-state index in [4.69, 9.17) is 0 Å². The van der Waals surface area contributed by atoms with Gasteiger partial charge in [0.1, 0.15) is 0 Å². The molecule has 2 N–H and O–H groups in total. The first kappa shape index (κ1) is 18.2. The zero-order valence-electron chi connectivity index (χ0n) is 11.7. The minimum absolute atomic E-state index is 0.0349. The molecule has 0 unspecified atom stereocenters. The average Bonchev–Trinajstić information content (AvgIpc) is 2.35. The van der Waals surface area contributed by atoms with Crippen LogP contribution in [0.25, 0.3) is 0 Å². The maximum atomic E-state index is 11.2. The van der Waals surface area contributed by atoms with Gasteiger partial charge in [0.05, 0.1) is 13.1 Å². The summed E-state index contributed by atoms with van der Waals surface area (Å²) in [4.78, 5) is 44.3. The molecule has 0 fully saturated rings. The maximum absolute atomic E-state index is 11.2. The van der Waals surface area contributed by atoms with Gasteiger partial charge in [-0.2, -0.15) is 0 Å². The molecule has 0 saturated heterocycles. The molecule has 8 heteroatoms. The number of esters is 4. The fourth-order valence-electron chi connectivity index (χ4n) is 1.26. The van der Waals surface area contributed by atoms with Crippen molar-refractivity contribution in [2.75, 3.05) is 27.2 Å². The second kappa shape index (κ2) is 11.1. The molecule has 114 valence electrons. The summed E-state index contributed by atoms with van der Waals surface area (Å²) in [6.45, 7) is -0.0721. The monoisotopic (exact) mass is 288 g/mol. The number of unbranched alkanes of at least 4 members (excludes halogenated alkanes) is 1. The number of carbonyl (C=O) groups excluding carboxylic acids is 4. The lowest BCUT2D eigenvalue weighted by molar-refractivity contribution is -0.161. The summed E-state index contributed by atoms with van der Waals surface area (Å²) in [6, 6.07) is 0. The Morgan fingerprint density at radius 3 is 1.35 bits per heavy atom. The van der Waals surface area contributed by atoms with Crippen LogP contribution in [0.1, 0.15) is 25.7 Å². The quantitative estimate of drug-likeness (QED) is 0.320. The van der Waals surface area contributed by atoms with Crippen LogP contribution in [0, 0.1) is 0 Å². The van der Waals surface area contributed by atoms with E-state index < -0.39 is 23.9 Å². The third-order valence-corrected chi connectivity index (χ3v) is 2.11. The van der Waals surface area contributed by atoms with Gasteiger partial charge in [-0.3, -0.25) is 19.2 Å². The van der Waals surface area contributed by atoms with E-state index in [0.29, 0.717) is 12.8 Å². The molecular formula is C12H20N2O6. The molecule has 0 radical (unpaired) electrons. The molecule has 0 heterocycles. The fraction of sp³-hybridized carbons (Fsp3) is 0.667. The SMILES string of the molecule is CNCC(=O)OC(=O)CCCCC(=O)OC(=O)CNC. The predicted molar refractivity (Wildman–Crippen MR) is 68.5 cm³/mol. The van der Waals surface area contributed by atoms with E-state index in [1.807, 2.05) is 0 Å².